The Kier molecular flexibility index (Phi) is 24.7. The number of rotatable bonds is 12. The molecule has 148 heavy (non-hydrogen) atoms. The third-order valence-electron chi connectivity index (χ3n) is 31.6. The highest BCUT2D eigenvalue weighted by Crippen LogP contribution is 2.58. The number of allylic oxidation sites excluding steroid dienone is 8. The van der Waals surface area contributed by atoms with Crippen LogP contribution in [0.1, 0.15) is 160 Å². The van der Waals surface area contributed by atoms with Gasteiger partial charge >= 0.3 is 0 Å². The van der Waals surface area contributed by atoms with Gasteiger partial charge in [-0.2, -0.15) is 45.5 Å². The lowest BCUT2D eigenvalue weighted by atomic mass is 9.58. The third-order valence-corrected chi connectivity index (χ3v) is 31.6. The van der Waals surface area contributed by atoms with Crippen LogP contribution in [-0.2, 0) is 66.5 Å². The van der Waals surface area contributed by atoms with Crippen LogP contribution in [-0.4, -0.2) is 113 Å². The average Bonchev–Trinajstić information content (AvgIpc) is 1.51. The first-order valence-corrected chi connectivity index (χ1v) is 49.7. The number of ketones is 4. The number of aromatic nitrogens is 18. The van der Waals surface area contributed by atoms with Crippen molar-refractivity contribution in [1.82, 2.24) is 89.7 Å². The number of hydrogen-bond donors (Lipinski definition) is 0. The standard InChI is InChI=1S/C32H27FN4O.C30H27N5O2.C28H25N7O2.C28H24N6O2/c1-19-5-7-22(8-6-19)29-26-13-14-27-20(2)30(38)28(34-4)16-32(27,3)31(26)37(36-29)25-11-9-21(10-12-25)23-15-24(33)18-35-17-23;1-17-6-8-20(9-7-17)26-23-14-15-24-18(2)27(36)25(31-5)16-30(24,4)28(23)35(33-26)22-12-10-21(11-13-22)29-32-19(3)34-37-29;1-15-12-19(14-30-32-15)18-6-8-20(9-7-18)35-26-21(24(33-35)27-31-17(3)34-37-27)10-11-22-16(2)25(36)23(29-5)13-28(22,26)4;1-16-22-12-11-21-24(19-6-5-13-30-15-19)32-34(26(21)28(22,3)14-23(29-4)25(16)35)20-9-7-18(8-10-20)27-31-17(2)33-36-27/h5-12,15-18,20,27H,13-14H2,1-3H3;6-13,16,18,24H,14-15H2,1-4H3;6-9,12-14,16,22H,10-11H2,1-4H3;5-10,13-16,22H,11-12H2,1-3H3/t20-,27-,32-;18-,24-,30-;2*16-,22-,28-/m1111/s1. The van der Waals surface area contributed by atoms with E-state index in [1.165, 1.54) is 29.0 Å². The Hall–Kier alpha value is -17.5. The van der Waals surface area contributed by atoms with Crippen molar-refractivity contribution in [2.75, 3.05) is 0 Å². The highest BCUT2D eigenvalue weighted by atomic mass is 19.1. The molecule has 10 aromatic heterocycles. The SMILES string of the molecule is [C-]#[N+]C1=C[C@@]2(C)c3c(c(-c4ccc(C)cc4)nn3-c3ccc(-c4cncc(F)c4)cc3)CC[C@@H]2[C@@H](C)C1=O.[C-]#[N+]C1=C[C@@]2(C)c3c(c(-c4ccc(C)cc4)nn3-c3ccc(-c4nc(C)no4)cc3)CC[C@@H]2[C@@H](C)C1=O.[C-]#[N+]C1=C[C@@]2(C)c3c(c(-c4cccnc4)nn3-c3ccc(-c4nc(C)no4)cc3)CC[C@@H]2[C@@H](C)C1=O.[C-]#[N+]C1=C[C@@]2(C)c3c(c(-c4nc(C)no4)nn3-c3ccc(-c4cnnc(C)c4)cc3)CC[C@@H]2[C@@H](C)C1=O. The van der Waals surface area contributed by atoms with Crippen LogP contribution >= 0.6 is 0 Å². The van der Waals surface area contributed by atoms with Crippen molar-refractivity contribution in [2.45, 2.75) is 170 Å². The summed E-state index contributed by atoms with van der Waals surface area (Å²) in [7, 11) is 0. The summed E-state index contributed by atoms with van der Waals surface area (Å²) in [5.74, 6) is 1.75. The summed E-state index contributed by atoms with van der Waals surface area (Å²) in [4.78, 5) is 87.5. The number of hydrogen-bond acceptors (Lipinski definition) is 21. The molecule has 12 atom stereocenters. The Balaban J connectivity index is 0.000000116. The molecule has 0 bridgehead atoms. The molecule has 30 heteroatoms. The Labute approximate surface area is 854 Å². The minimum atomic E-state index is -0.564. The van der Waals surface area contributed by atoms with Gasteiger partial charge in [0.1, 0.15) is 5.82 Å². The van der Waals surface area contributed by atoms with Crippen molar-refractivity contribution in [3.63, 3.8) is 0 Å². The highest BCUT2D eigenvalue weighted by molar-refractivity contribution is 6.03. The van der Waals surface area contributed by atoms with Crippen LogP contribution in [0, 0.1) is 121 Å². The molecule has 10 heterocycles. The van der Waals surface area contributed by atoms with Crippen molar-refractivity contribution in [2.24, 2.45) is 47.3 Å². The molecular weight excluding hydrogens is 1860 g/mol. The van der Waals surface area contributed by atoms with E-state index >= 15 is 0 Å². The van der Waals surface area contributed by atoms with Crippen LogP contribution in [0.4, 0.5) is 4.39 Å². The van der Waals surface area contributed by atoms with Crippen LogP contribution in [0.15, 0.2) is 262 Å². The Morgan fingerprint density at radius 3 is 0.959 bits per heavy atom. The van der Waals surface area contributed by atoms with E-state index in [1.807, 2.05) is 199 Å². The zero-order valence-corrected chi connectivity index (χ0v) is 84.2. The maximum Gasteiger partial charge on any atom is 0.278 e. The number of benzene rings is 6. The molecule has 0 spiro atoms. The third kappa shape index (κ3) is 16.7. The number of Topliss-reactive ketones (excluding diaryl/α,β-unsaturated/α-hetero) is 4. The van der Waals surface area contributed by atoms with Gasteiger partial charge < -0.3 is 32.7 Å². The molecule has 0 fully saturated rings. The average molecular weight is 1960 g/mol. The molecule has 0 amide bonds. The van der Waals surface area contributed by atoms with Gasteiger partial charge in [0.25, 0.3) is 17.7 Å². The van der Waals surface area contributed by atoms with Gasteiger partial charge in [-0.15, -0.1) is 0 Å². The second kappa shape index (κ2) is 37.9. The molecule has 734 valence electrons. The number of halogens is 1. The van der Waals surface area contributed by atoms with Gasteiger partial charge in [0.05, 0.1) is 107 Å². The summed E-state index contributed by atoms with van der Waals surface area (Å²) >= 11 is 0. The van der Waals surface area contributed by atoms with Gasteiger partial charge in [0, 0.05) is 125 Å². The first kappa shape index (κ1) is 96.6. The first-order valence-electron chi connectivity index (χ1n) is 49.7. The monoisotopic (exact) mass is 1960 g/mol. The van der Waals surface area contributed by atoms with E-state index in [2.05, 4.69) is 160 Å². The summed E-state index contributed by atoms with van der Waals surface area (Å²) in [6, 6.07) is 56.0. The van der Waals surface area contributed by atoms with Crippen molar-refractivity contribution in [3.05, 3.63) is 379 Å². The van der Waals surface area contributed by atoms with E-state index in [1.54, 1.807) is 39.4 Å². The summed E-state index contributed by atoms with van der Waals surface area (Å²) in [5, 5.41) is 40.3. The zero-order chi connectivity index (χ0) is 103. The van der Waals surface area contributed by atoms with Gasteiger partial charge in [-0.3, -0.25) is 9.97 Å². The Bertz CT molecular complexity index is 8370. The predicted octanol–water partition coefficient (Wildman–Crippen LogP) is 22.9. The van der Waals surface area contributed by atoms with E-state index in [4.69, 9.17) is 60.3 Å². The number of aryl methyl sites for hydroxylation is 6. The molecule has 16 aromatic rings. The Morgan fingerprint density at radius 2 is 0.649 bits per heavy atom. The molecule has 24 rings (SSSR count). The summed E-state index contributed by atoms with van der Waals surface area (Å²) in [6.45, 7) is 58.4. The lowest BCUT2D eigenvalue weighted by Crippen LogP contribution is -2.46. The molecule has 8 aliphatic rings. The lowest BCUT2D eigenvalue weighted by molar-refractivity contribution is -0.122. The minimum absolute atomic E-state index is 0.0510. The van der Waals surface area contributed by atoms with E-state index in [0.717, 1.165) is 181 Å². The van der Waals surface area contributed by atoms with E-state index in [9.17, 15) is 23.6 Å². The zero-order valence-electron chi connectivity index (χ0n) is 84.2. The topological polar surface area (TPSA) is 325 Å². The number of carbonyl (C=O) groups excluding carboxylic acids is 4. The summed E-state index contributed by atoms with van der Waals surface area (Å²) < 4.78 is 37.9. The maximum atomic E-state index is 13.8. The quantitative estimate of drug-likeness (QED) is 0.103. The van der Waals surface area contributed by atoms with Crippen LogP contribution in [0.25, 0.3) is 133 Å². The minimum Gasteiger partial charge on any atom is -0.334 e. The van der Waals surface area contributed by atoms with Gasteiger partial charge in [-0.05, 0) is 225 Å². The van der Waals surface area contributed by atoms with Gasteiger partial charge in [-0.1, -0.05) is 179 Å². The van der Waals surface area contributed by atoms with Crippen molar-refractivity contribution >= 4 is 23.1 Å². The normalized spacial score (nSPS) is 22.6. The van der Waals surface area contributed by atoms with Gasteiger partial charge in [0.15, 0.2) is 46.3 Å². The molecule has 0 N–H and O–H groups in total. The molecule has 6 aromatic carbocycles. The lowest BCUT2D eigenvalue weighted by Gasteiger charge is -2.45. The smallest absolute Gasteiger partial charge is 0.278 e. The van der Waals surface area contributed by atoms with Crippen LogP contribution in [0.3, 0.4) is 0 Å². The number of pyridine rings is 2. The number of fused-ring (bicyclic) bond motifs is 12. The molecule has 0 saturated carbocycles. The van der Waals surface area contributed by atoms with Crippen molar-refractivity contribution < 1.29 is 37.1 Å². The van der Waals surface area contributed by atoms with Crippen molar-refractivity contribution in [3.8, 4) is 113 Å². The van der Waals surface area contributed by atoms with Crippen LogP contribution in [0.5, 0.6) is 0 Å². The first-order chi connectivity index (χ1) is 71.3. The Morgan fingerprint density at radius 1 is 0.345 bits per heavy atom. The van der Waals surface area contributed by atoms with E-state index < -0.39 is 21.7 Å². The van der Waals surface area contributed by atoms with Gasteiger partial charge in [0.2, 0.25) is 22.8 Å². The highest BCUT2D eigenvalue weighted by Gasteiger charge is 2.56. The molecule has 29 nitrogen and oxygen atoms in total. The van der Waals surface area contributed by atoms with Gasteiger partial charge in [-0.25, -0.2) is 42.5 Å². The summed E-state index contributed by atoms with van der Waals surface area (Å²) in [6.07, 6.45) is 22.2. The van der Waals surface area contributed by atoms with E-state index in [-0.39, 0.29) is 99.1 Å². The number of carbonyl (C=O) groups is 4. The predicted molar refractivity (Wildman–Crippen MR) is 553 cm³/mol. The fourth-order valence-electron chi connectivity index (χ4n) is 24.3. The molecule has 0 unspecified atom stereocenters. The van der Waals surface area contributed by atoms with E-state index in [0.29, 0.717) is 46.4 Å². The fraction of sp³-hybridized carbons (Fsp3) is 0.288. The summed E-state index contributed by atoms with van der Waals surface area (Å²) in [5.41, 5.74) is 25.8. The van der Waals surface area contributed by atoms with Crippen LogP contribution < -0.4 is 0 Å². The largest absolute Gasteiger partial charge is 0.334 e. The number of nitrogens with zero attached hydrogens (tertiary/aromatic N) is 22. The van der Waals surface area contributed by atoms with Crippen LogP contribution in [0.2, 0.25) is 0 Å². The fourth-order valence-corrected chi connectivity index (χ4v) is 24.3. The molecule has 8 aliphatic carbocycles. The molecular formula is C118H103FN22O7. The molecule has 0 saturated heterocycles. The second-order valence-electron chi connectivity index (χ2n) is 40.8. The van der Waals surface area contributed by atoms with Crippen molar-refractivity contribution in [1.29, 1.82) is 0 Å². The molecule has 0 aliphatic heterocycles. The molecule has 0 radical (unpaired) electrons. The second-order valence-corrected chi connectivity index (χ2v) is 40.8. The maximum absolute atomic E-state index is 13.8.